The second-order valence-electron chi connectivity index (χ2n) is 6.69. The van der Waals surface area contributed by atoms with Crippen LogP contribution in [-0.4, -0.2) is 29.9 Å². The highest BCUT2D eigenvalue weighted by Gasteiger charge is 2.10. The van der Waals surface area contributed by atoms with E-state index in [1.54, 1.807) is 18.3 Å². The van der Waals surface area contributed by atoms with Gasteiger partial charge in [-0.2, -0.15) is 0 Å². The van der Waals surface area contributed by atoms with Crippen molar-refractivity contribution in [2.75, 3.05) is 14.1 Å². The van der Waals surface area contributed by atoms with Gasteiger partial charge in [-0.3, -0.25) is 4.79 Å². The number of hydrogen-bond donors (Lipinski definition) is 2. The predicted molar refractivity (Wildman–Crippen MR) is 112 cm³/mol. The van der Waals surface area contributed by atoms with Crippen molar-refractivity contribution in [2.24, 2.45) is 0 Å². The number of aromatic amines is 1. The Hall–Kier alpha value is -2.76. The zero-order valence-corrected chi connectivity index (χ0v) is 16.3. The summed E-state index contributed by atoms with van der Waals surface area (Å²) >= 11 is 5.18. The van der Waals surface area contributed by atoms with Crippen LogP contribution >= 0.6 is 12.2 Å². The number of H-pyrrole nitrogens is 1. The molecule has 1 heterocycles. The van der Waals surface area contributed by atoms with Crippen LogP contribution in [0.3, 0.4) is 0 Å². The molecule has 4 nitrogen and oxygen atoms in total. The Morgan fingerprint density at radius 1 is 1.04 bits per heavy atom. The Kier molecular flexibility index (Phi) is 6.16. The maximum absolute atomic E-state index is 12.4. The quantitative estimate of drug-likeness (QED) is 0.626. The molecular formula is C22H23N3OS. The zero-order valence-electron chi connectivity index (χ0n) is 15.5. The van der Waals surface area contributed by atoms with Crippen LogP contribution in [0.5, 0.6) is 0 Å². The summed E-state index contributed by atoms with van der Waals surface area (Å²) in [6.07, 6.45) is 1.72. The third-order valence-corrected chi connectivity index (χ3v) is 4.62. The maximum atomic E-state index is 12.4. The smallest absolute Gasteiger partial charge is 0.254 e. The van der Waals surface area contributed by atoms with Crippen LogP contribution in [0.15, 0.2) is 66.9 Å². The summed E-state index contributed by atoms with van der Waals surface area (Å²) in [5, 5.41) is 2.97. The normalized spacial score (nSPS) is 10.8. The van der Waals surface area contributed by atoms with Gasteiger partial charge in [-0.15, -0.1) is 0 Å². The summed E-state index contributed by atoms with van der Waals surface area (Å²) in [5.41, 5.74) is 5.08. The number of hydrogen-bond acceptors (Lipinski definition) is 3. The van der Waals surface area contributed by atoms with E-state index in [0.29, 0.717) is 16.7 Å². The molecule has 2 aromatic carbocycles. The molecule has 3 rings (SSSR count). The van der Waals surface area contributed by atoms with E-state index < -0.39 is 0 Å². The Morgan fingerprint density at radius 3 is 2.48 bits per heavy atom. The second-order valence-corrected chi connectivity index (χ2v) is 7.10. The van der Waals surface area contributed by atoms with Gasteiger partial charge in [-0.1, -0.05) is 60.7 Å². The van der Waals surface area contributed by atoms with Crippen LogP contribution in [0, 0.1) is 4.64 Å². The van der Waals surface area contributed by atoms with E-state index in [2.05, 4.69) is 59.6 Å². The van der Waals surface area contributed by atoms with Gasteiger partial charge in [0.1, 0.15) is 4.64 Å². The minimum atomic E-state index is -0.173. The third-order valence-electron chi connectivity index (χ3n) is 4.28. The number of pyridine rings is 1. The summed E-state index contributed by atoms with van der Waals surface area (Å²) in [6.45, 7) is 1.35. The van der Waals surface area contributed by atoms with E-state index in [4.69, 9.17) is 12.2 Å². The Bertz CT molecular complexity index is 977. The summed E-state index contributed by atoms with van der Waals surface area (Å²) < 4.78 is 0.444. The highest BCUT2D eigenvalue weighted by molar-refractivity contribution is 7.71. The third kappa shape index (κ3) is 4.90. The molecule has 0 bridgehead atoms. The van der Waals surface area contributed by atoms with Gasteiger partial charge >= 0.3 is 0 Å². The summed E-state index contributed by atoms with van der Waals surface area (Å²) in [6, 6.07) is 20.2. The largest absolute Gasteiger partial charge is 0.352 e. The van der Waals surface area contributed by atoms with Crippen molar-refractivity contribution >= 4 is 18.1 Å². The Balaban J connectivity index is 1.77. The van der Waals surface area contributed by atoms with Crippen LogP contribution in [0.1, 0.15) is 21.5 Å². The Labute approximate surface area is 164 Å². The van der Waals surface area contributed by atoms with Gasteiger partial charge in [0.2, 0.25) is 0 Å². The highest BCUT2D eigenvalue weighted by atomic mass is 32.1. The van der Waals surface area contributed by atoms with Gasteiger partial charge in [0.25, 0.3) is 5.91 Å². The summed E-state index contributed by atoms with van der Waals surface area (Å²) in [5.74, 6) is -0.173. The highest BCUT2D eigenvalue weighted by Crippen LogP contribution is 2.24. The topological polar surface area (TPSA) is 48.1 Å². The fraction of sp³-hybridized carbons (Fsp3) is 0.182. The van der Waals surface area contributed by atoms with Gasteiger partial charge in [-0.05, 0) is 48.5 Å². The average Bonchev–Trinajstić information content (AvgIpc) is 2.67. The standard InChI is InChI=1S/C22H23N3OS/c1-25(2)15-16-9-11-17(12-10-16)19-7-4-3-6-18(19)14-24-21(26)20-8-5-13-23-22(20)27/h3-13H,14-15H2,1-2H3,(H,23,27)(H,24,26). The zero-order chi connectivity index (χ0) is 19.2. The molecule has 0 atom stereocenters. The lowest BCUT2D eigenvalue weighted by Crippen LogP contribution is -2.23. The van der Waals surface area contributed by atoms with Crippen molar-refractivity contribution in [3.05, 3.63) is 88.2 Å². The molecule has 0 saturated carbocycles. The van der Waals surface area contributed by atoms with Crippen LogP contribution in [-0.2, 0) is 13.1 Å². The first-order valence-electron chi connectivity index (χ1n) is 8.82. The molecule has 0 aliphatic rings. The van der Waals surface area contributed by atoms with Gasteiger partial charge in [0.15, 0.2) is 0 Å². The van der Waals surface area contributed by atoms with Crippen molar-refractivity contribution in [1.82, 2.24) is 15.2 Å². The molecule has 0 spiro atoms. The minimum absolute atomic E-state index is 0.173. The first-order chi connectivity index (χ1) is 13.0. The first kappa shape index (κ1) is 19.0. The molecule has 0 aliphatic carbocycles. The molecule has 0 saturated heterocycles. The van der Waals surface area contributed by atoms with Crippen LogP contribution < -0.4 is 5.32 Å². The number of carbonyl (C=O) groups excluding carboxylic acids is 1. The number of carbonyl (C=O) groups is 1. The van der Waals surface area contributed by atoms with Crippen molar-refractivity contribution < 1.29 is 4.79 Å². The molecule has 0 fully saturated rings. The lowest BCUT2D eigenvalue weighted by molar-refractivity contribution is 0.0950. The first-order valence-corrected chi connectivity index (χ1v) is 9.23. The summed E-state index contributed by atoms with van der Waals surface area (Å²) in [4.78, 5) is 17.5. The SMILES string of the molecule is CN(C)Cc1ccc(-c2ccccc2CNC(=O)c2ccc[nH]c2=S)cc1. The fourth-order valence-electron chi connectivity index (χ4n) is 2.98. The van der Waals surface area contributed by atoms with Gasteiger partial charge in [0, 0.05) is 19.3 Å². The molecule has 5 heteroatoms. The molecular weight excluding hydrogens is 354 g/mol. The molecule has 0 radical (unpaired) electrons. The fourth-order valence-corrected chi connectivity index (χ4v) is 3.21. The molecule has 1 aromatic heterocycles. The number of aromatic nitrogens is 1. The molecule has 27 heavy (non-hydrogen) atoms. The van der Waals surface area contributed by atoms with Crippen molar-refractivity contribution in [1.29, 1.82) is 0 Å². The van der Waals surface area contributed by atoms with E-state index >= 15 is 0 Å². The second kappa shape index (κ2) is 8.75. The van der Waals surface area contributed by atoms with Crippen LogP contribution in [0.4, 0.5) is 0 Å². The van der Waals surface area contributed by atoms with Crippen molar-refractivity contribution in [2.45, 2.75) is 13.1 Å². The Morgan fingerprint density at radius 2 is 1.78 bits per heavy atom. The molecule has 138 valence electrons. The van der Waals surface area contributed by atoms with Crippen LogP contribution in [0.2, 0.25) is 0 Å². The van der Waals surface area contributed by atoms with E-state index in [1.165, 1.54) is 5.56 Å². The maximum Gasteiger partial charge on any atom is 0.254 e. The van der Waals surface area contributed by atoms with E-state index in [0.717, 1.165) is 23.2 Å². The number of nitrogens with one attached hydrogen (secondary N) is 2. The molecule has 1 amide bonds. The van der Waals surface area contributed by atoms with Crippen LogP contribution in [0.25, 0.3) is 11.1 Å². The van der Waals surface area contributed by atoms with E-state index in [9.17, 15) is 4.79 Å². The van der Waals surface area contributed by atoms with Crippen molar-refractivity contribution in [3.63, 3.8) is 0 Å². The number of benzene rings is 2. The number of amides is 1. The van der Waals surface area contributed by atoms with Gasteiger partial charge in [0.05, 0.1) is 5.56 Å². The predicted octanol–water partition coefficient (Wildman–Crippen LogP) is 4.40. The van der Waals surface area contributed by atoms with E-state index in [1.807, 2.05) is 18.2 Å². The summed E-state index contributed by atoms with van der Waals surface area (Å²) in [7, 11) is 4.12. The minimum Gasteiger partial charge on any atom is -0.352 e. The number of rotatable bonds is 6. The molecule has 0 unspecified atom stereocenters. The lowest BCUT2D eigenvalue weighted by atomic mass is 9.98. The molecule has 3 aromatic rings. The molecule has 0 aliphatic heterocycles. The molecule has 2 N–H and O–H groups in total. The lowest BCUT2D eigenvalue weighted by Gasteiger charge is -2.13. The van der Waals surface area contributed by atoms with E-state index in [-0.39, 0.29) is 5.91 Å². The monoisotopic (exact) mass is 377 g/mol. The number of nitrogens with zero attached hydrogens (tertiary/aromatic N) is 1. The van der Waals surface area contributed by atoms with Gasteiger partial charge < -0.3 is 15.2 Å². The average molecular weight is 378 g/mol. The van der Waals surface area contributed by atoms with Gasteiger partial charge in [-0.25, -0.2) is 0 Å². The van der Waals surface area contributed by atoms with Crippen molar-refractivity contribution in [3.8, 4) is 11.1 Å².